The molecule has 1 aliphatic carbocycles. The maximum atomic E-state index is 14.5. The first kappa shape index (κ1) is 32.9. The summed E-state index contributed by atoms with van der Waals surface area (Å²) < 4.78 is 43.1. The first-order valence-corrected chi connectivity index (χ1v) is 17.1. The quantitative estimate of drug-likeness (QED) is 0.196. The number of halogens is 1. The van der Waals surface area contributed by atoms with E-state index in [1.165, 1.54) is 29.2 Å². The first-order valence-electron chi connectivity index (χ1n) is 15.6. The summed E-state index contributed by atoms with van der Waals surface area (Å²) >= 11 is 0. The molecule has 7 nitrogen and oxygen atoms in total. The minimum absolute atomic E-state index is 0.000113. The van der Waals surface area contributed by atoms with Crippen molar-refractivity contribution < 1.29 is 22.4 Å². The number of benzene rings is 4. The van der Waals surface area contributed by atoms with Crippen LogP contribution in [0, 0.1) is 19.7 Å². The minimum atomic E-state index is -4.25. The fourth-order valence-corrected chi connectivity index (χ4v) is 7.20. The maximum absolute atomic E-state index is 14.5. The van der Waals surface area contributed by atoms with E-state index in [4.69, 9.17) is 0 Å². The number of nitrogens with one attached hydrogen (secondary N) is 1. The van der Waals surface area contributed by atoms with Crippen molar-refractivity contribution in [3.8, 4) is 0 Å². The molecule has 1 aliphatic rings. The number of nitrogens with zero attached hydrogens (tertiary/aromatic N) is 2. The lowest BCUT2D eigenvalue weighted by molar-refractivity contribution is -0.140. The molecule has 2 amide bonds. The summed E-state index contributed by atoms with van der Waals surface area (Å²) in [6, 6.07) is 27.7. The van der Waals surface area contributed by atoms with Crippen molar-refractivity contribution in [2.75, 3.05) is 10.8 Å². The smallest absolute Gasteiger partial charge is 0.264 e. The third-order valence-corrected chi connectivity index (χ3v) is 10.2. The summed E-state index contributed by atoms with van der Waals surface area (Å²) in [7, 11) is -4.25. The maximum Gasteiger partial charge on any atom is 0.264 e. The summed E-state index contributed by atoms with van der Waals surface area (Å²) in [6.07, 6.45) is 4.07. The third kappa shape index (κ3) is 8.20. The molecule has 240 valence electrons. The van der Waals surface area contributed by atoms with Gasteiger partial charge in [0.1, 0.15) is 18.4 Å². The van der Waals surface area contributed by atoms with E-state index in [0.29, 0.717) is 0 Å². The third-order valence-electron chi connectivity index (χ3n) is 8.45. The van der Waals surface area contributed by atoms with Gasteiger partial charge in [0.15, 0.2) is 0 Å². The lowest BCUT2D eigenvalue weighted by Gasteiger charge is -2.34. The number of amides is 2. The standard InChI is InChI=1S/C37H40FN3O4S/c1-27-12-16-30(17-13-27)25-40(35(24-29-8-4-3-5-9-29)37(43)39-32-10-6-7-11-32)36(42)26-41(33-20-18-31(38)19-21-33)46(44,45)34-22-14-28(2)15-23-34/h3-5,8-9,12-23,32,35H,6-7,10-11,24-26H2,1-2H3,(H,39,43)/t35-/m0/s1. The molecule has 1 saturated carbocycles. The van der Waals surface area contributed by atoms with Crippen molar-refractivity contribution in [3.63, 3.8) is 0 Å². The highest BCUT2D eigenvalue weighted by Crippen LogP contribution is 2.26. The molecule has 0 aliphatic heterocycles. The number of hydrogen-bond acceptors (Lipinski definition) is 4. The fraction of sp³-hybridized carbons (Fsp3) is 0.297. The van der Waals surface area contributed by atoms with Gasteiger partial charge in [-0.2, -0.15) is 0 Å². The van der Waals surface area contributed by atoms with Crippen molar-refractivity contribution in [2.45, 2.75) is 69.5 Å². The molecule has 0 radical (unpaired) electrons. The summed E-state index contributed by atoms with van der Waals surface area (Å²) in [5, 5.41) is 3.18. The zero-order valence-corrected chi connectivity index (χ0v) is 27.0. The van der Waals surface area contributed by atoms with Crippen molar-refractivity contribution in [3.05, 3.63) is 131 Å². The Bertz CT molecular complexity index is 1720. The van der Waals surface area contributed by atoms with Crippen molar-refractivity contribution >= 4 is 27.5 Å². The van der Waals surface area contributed by atoms with Crippen LogP contribution < -0.4 is 9.62 Å². The molecule has 9 heteroatoms. The number of carbonyl (C=O) groups is 2. The van der Waals surface area contributed by atoms with Crippen LogP contribution >= 0.6 is 0 Å². The van der Waals surface area contributed by atoms with Gasteiger partial charge in [0, 0.05) is 19.0 Å². The van der Waals surface area contributed by atoms with Gasteiger partial charge in [0.2, 0.25) is 11.8 Å². The van der Waals surface area contributed by atoms with E-state index in [0.717, 1.165) is 64.4 Å². The van der Waals surface area contributed by atoms with Crippen LogP contribution in [0.25, 0.3) is 0 Å². The Hall–Kier alpha value is -4.50. The molecular formula is C37H40FN3O4S. The van der Waals surface area contributed by atoms with E-state index in [1.54, 1.807) is 12.1 Å². The van der Waals surface area contributed by atoms with E-state index in [2.05, 4.69) is 5.32 Å². The normalized spacial score (nSPS) is 14.1. The minimum Gasteiger partial charge on any atom is -0.352 e. The fourth-order valence-electron chi connectivity index (χ4n) is 5.79. The largest absolute Gasteiger partial charge is 0.352 e. The Morgan fingerprint density at radius 1 is 0.804 bits per heavy atom. The molecule has 0 spiro atoms. The highest BCUT2D eigenvalue weighted by atomic mass is 32.2. The second-order valence-electron chi connectivity index (χ2n) is 12.0. The molecule has 4 aromatic carbocycles. The Balaban J connectivity index is 1.55. The highest BCUT2D eigenvalue weighted by molar-refractivity contribution is 7.92. The molecule has 4 aromatic rings. The van der Waals surface area contributed by atoms with Crippen LogP contribution in [0.15, 0.2) is 108 Å². The second kappa shape index (κ2) is 14.7. The SMILES string of the molecule is Cc1ccc(CN(C(=O)CN(c2ccc(F)cc2)S(=O)(=O)c2ccc(C)cc2)[C@@H](Cc2ccccc2)C(=O)NC2CCCC2)cc1. The zero-order chi connectivity index (χ0) is 32.7. The Morgan fingerprint density at radius 3 is 2.00 bits per heavy atom. The zero-order valence-electron chi connectivity index (χ0n) is 26.2. The van der Waals surface area contributed by atoms with Gasteiger partial charge in [-0.05, 0) is 74.2 Å². The average Bonchev–Trinajstić information content (AvgIpc) is 3.56. The molecule has 46 heavy (non-hydrogen) atoms. The van der Waals surface area contributed by atoms with Crippen molar-refractivity contribution in [1.29, 1.82) is 0 Å². The van der Waals surface area contributed by atoms with Crippen LogP contribution in [0.2, 0.25) is 0 Å². The van der Waals surface area contributed by atoms with Gasteiger partial charge in [-0.15, -0.1) is 0 Å². The van der Waals surface area contributed by atoms with E-state index in [-0.39, 0.29) is 35.5 Å². The van der Waals surface area contributed by atoms with Crippen molar-refractivity contribution in [2.24, 2.45) is 0 Å². The van der Waals surface area contributed by atoms with E-state index >= 15 is 0 Å². The molecule has 0 unspecified atom stereocenters. The van der Waals surface area contributed by atoms with E-state index in [1.807, 2.05) is 68.4 Å². The predicted molar refractivity (Wildman–Crippen MR) is 178 cm³/mol. The summed E-state index contributed by atoms with van der Waals surface area (Å²) in [5.41, 5.74) is 3.75. The van der Waals surface area contributed by atoms with Crippen LogP contribution in [0.1, 0.15) is 47.9 Å². The Labute approximate surface area is 271 Å². The second-order valence-corrected chi connectivity index (χ2v) is 13.9. The average molecular weight is 642 g/mol. The predicted octanol–water partition coefficient (Wildman–Crippen LogP) is 6.34. The summed E-state index contributed by atoms with van der Waals surface area (Å²) in [5.74, 6) is -1.36. The summed E-state index contributed by atoms with van der Waals surface area (Å²) in [6.45, 7) is 3.33. The van der Waals surface area contributed by atoms with Gasteiger partial charge in [0.05, 0.1) is 10.6 Å². The molecule has 0 heterocycles. The van der Waals surface area contributed by atoms with Crippen LogP contribution in [0.3, 0.4) is 0 Å². The first-order chi connectivity index (χ1) is 22.1. The number of carbonyl (C=O) groups excluding carboxylic acids is 2. The molecule has 1 atom stereocenters. The van der Waals surface area contributed by atoms with Crippen LogP contribution in [0.5, 0.6) is 0 Å². The number of hydrogen-bond donors (Lipinski definition) is 1. The van der Waals surface area contributed by atoms with Gasteiger partial charge in [0.25, 0.3) is 10.0 Å². The van der Waals surface area contributed by atoms with Gasteiger partial charge in [-0.1, -0.05) is 90.7 Å². The molecule has 1 N–H and O–H groups in total. The van der Waals surface area contributed by atoms with Crippen LogP contribution in [0.4, 0.5) is 10.1 Å². The molecule has 0 bridgehead atoms. The summed E-state index contributed by atoms with van der Waals surface area (Å²) in [4.78, 5) is 30.1. The van der Waals surface area contributed by atoms with E-state index in [9.17, 15) is 22.4 Å². The lowest BCUT2D eigenvalue weighted by Crippen LogP contribution is -2.54. The number of sulfonamides is 1. The monoisotopic (exact) mass is 641 g/mol. The van der Waals surface area contributed by atoms with Crippen molar-refractivity contribution in [1.82, 2.24) is 10.2 Å². The number of rotatable bonds is 12. The number of aryl methyl sites for hydroxylation is 2. The van der Waals surface area contributed by atoms with Gasteiger partial charge in [-0.25, -0.2) is 12.8 Å². The molecule has 5 rings (SSSR count). The molecule has 0 aromatic heterocycles. The van der Waals surface area contributed by atoms with Gasteiger partial charge >= 0.3 is 0 Å². The lowest BCUT2D eigenvalue weighted by atomic mass is 10.0. The van der Waals surface area contributed by atoms with E-state index < -0.39 is 34.3 Å². The Kier molecular flexibility index (Phi) is 10.5. The van der Waals surface area contributed by atoms with Crippen LogP contribution in [-0.2, 0) is 32.6 Å². The van der Waals surface area contributed by atoms with Crippen LogP contribution in [-0.4, -0.2) is 43.8 Å². The number of anilines is 1. The molecule has 0 saturated heterocycles. The molecule has 1 fully saturated rings. The topological polar surface area (TPSA) is 86.8 Å². The molecular weight excluding hydrogens is 601 g/mol. The highest BCUT2D eigenvalue weighted by Gasteiger charge is 2.35. The van der Waals surface area contributed by atoms with Gasteiger partial charge in [-0.3, -0.25) is 13.9 Å². The Morgan fingerprint density at radius 2 is 1.39 bits per heavy atom. The van der Waals surface area contributed by atoms with Gasteiger partial charge < -0.3 is 10.2 Å².